The zero-order valence-corrected chi connectivity index (χ0v) is 14.7. The summed E-state index contributed by atoms with van der Waals surface area (Å²) in [6.07, 6.45) is 1.77. The van der Waals surface area contributed by atoms with Crippen molar-refractivity contribution in [2.75, 3.05) is 0 Å². The van der Waals surface area contributed by atoms with Crippen molar-refractivity contribution < 1.29 is 0 Å². The second-order valence-electron chi connectivity index (χ2n) is 7.83. The van der Waals surface area contributed by atoms with Gasteiger partial charge in [-0.2, -0.15) is 0 Å². The van der Waals surface area contributed by atoms with Gasteiger partial charge in [0.1, 0.15) is 0 Å². The molecule has 0 fully saturated rings. The summed E-state index contributed by atoms with van der Waals surface area (Å²) < 4.78 is 0. The molecule has 0 unspecified atom stereocenters. The van der Waals surface area contributed by atoms with Crippen LogP contribution in [0.2, 0.25) is 0 Å². The molecule has 0 aliphatic rings. The van der Waals surface area contributed by atoms with Crippen molar-refractivity contribution in [2.24, 2.45) is 0 Å². The smallest absolute Gasteiger partial charge is 0.0320 e. The first-order chi connectivity index (χ1) is 9.51. The van der Waals surface area contributed by atoms with Crippen LogP contribution in [0.1, 0.15) is 53.5 Å². The largest absolute Gasteiger partial charge is 0.365 e. The second kappa shape index (κ2) is 6.51. The van der Waals surface area contributed by atoms with Gasteiger partial charge in [-0.15, -0.1) is 0 Å². The molecule has 0 saturated heterocycles. The Morgan fingerprint density at radius 1 is 0.905 bits per heavy atom. The van der Waals surface area contributed by atoms with E-state index in [1.54, 1.807) is 0 Å². The van der Waals surface area contributed by atoms with Crippen LogP contribution in [0.15, 0.2) is 54.8 Å². The van der Waals surface area contributed by atoms with Crippen molar-refractivity contribution in [2.45, 2.75) is 65.5 Å². The highest BCUT2D eigenvalue weighted by Gasteiger charge is 2.32. The lowest BCUT2D eigenvalue weighted by Crippen LogP contribution is -2.51. The zero-order valence-electron chi connectivity index (χ0n) is 14.7. The van der Waals surface area contributed by atoms with Crippen molar-refractivity contribution in [3.8, 4) is 0 Å². The van der Waals surface area contributed by atoms with Gasteiger partial charge in [0.15, 0.2) is 0 Å². The van der Waals surface area contributed by atoms with E-state index in [1.165, 1.54) is 11.1 Å². The van der Waals surface area contributed by atoms with E-state index in [9.17, 15) is 0 Å². The van der Waals surface area contributed by atoms with E-state index in [4.69, 9.17) is 0 Å². The Morgan fingerprint density at radius 2 is 1.38 bits per heavy atom. The molecule has 0 heterocycles. The van der Waals surface area contributed by atoms with Gasteiger partial charge in [0.2, 0.25) is 0 Å². The molecule has 0 aliphatic carbocycles. The average molecular weight is 285 g/mol. The maximum absolute atomic E-state index is 4.33. The van der Waals surface area contributed by atoms with Crippen LogP contribution in [0.25, 0.3) is 0 Å². The van der Waals surface area contributed by atoms with E-state index in [1.807, 2.05) is 6.07 Å². The third-order valence-electron chi connectivity index (χ3n) is 3.41. The van der Waals surface area contributed by atoms with Gasteiger partial charge < -0.3 is 4.90 Å². The maximum atomic E-state index is 4.33. The quantitative estimate of drug-likeness (QED) is 0.638. The normalized spacial score (nSPS) is 12.1. The Balaban J connectivity index is 2.76. The highest BCUT2D eigenvalue weighted by Crippen LogP contribution is 2.31. The molecule has 1 aromatic rings. The molecule has 0 aromatic heterocycles. The minimum atomic E-state index is 0.0579. The van der Waals surface area contributed by atoms with Gasteiger partial charge in [0, 0.05) is 23.2 Å². The summed E-state index contributed by atoms with van der Waals surface area (Å²) in [6.45, 7) is 22.0. The fourth-order valence-corrected chi connectivity index (χ4v) is 3.27. The summed E-state index contributed by atoms with van der Waals surface area (Å²) in [5, 5.41) is 0. The van der Waals surface area contributed by atoms with Crippen LogP contribution >= 0.6 is 0 Å². The van der Waals surface area contributed by atoms with Gasteiger partial charge >= 0.3 is 0 Å². The second-order valence-corrected chi connectivity index (χ2v) is 7.83. The molecular weight excluding hydrogens is 254 g/mol. The third kappa shape index (κ3) is 5.41. The predicted molar refractivity (Wildman–Crippen MR) is 94.4 cm³/mol. The first-order valence-electron chi connectivity index (χ1n) is 7.70. The molecule has 0 N–H and O–H groups in total. The molecular formula is C20H31N. The van der Waals surface area contributed by atoms with Gasteiger partial charge in [0.25, 0.3) is 0 Å². The van der Waals surface area contributed by atoms with Crippen LogP contribution < -0.4 is 0 Å². The van der Waals surface area contributed by atoms with Crippen LogP contribution in [0.5, 0.6) is 0 Å². The fraction of sp³-hybridized carbons (Fsp3) is 0.500. The number of benzene rings is 1. The fourth-order valence-electron chi connectivity index (χ4n) is 3.27. The Kier molecular flexibility index (Phi) is 5.44. The summed E-state index contributed by atoms with van der Waals surface area (Å²) in [5.74, 6) is 0. The topological polar surface area (TPSA) is 3.24 Å². The molecule has 0 radical (unpaired) electrons. The van der Waals surface area contributed by atoms with Crippen molar-refractivity contribution in [3.63, 3.8) is 0 Å². The molecule has 0 amide bonds. The number of rotatable bonds is 5. The lowest BCUT2D eigenvalue weighted by Gasteiger charge is -2.48. The number of hydrogen-bond donors (Lipinski definition) is 0. The van der Waals surface area contributed by atoms with Crippen molar-refractivity contribution >= 4 is 0 Å². The molecule has 0 saturated carbocycles. The number of nitrogens with zero attached hydrogens (tertiary/aromatic N) is 1. The van der Waals surface area contributed by atoms with Gasteiger partial charge in [-0.3, -0.25) is 0 Å². The van der Waals surface area contributed by atoms with E-state index in [2.05, 4.69) is 83.9 Å². The Labute approximate surface area is 131 Å². The highest BCUT2D eigenvalue weighted by atomic mass is 15.2. The maximum Gasteiger partial charge on any atom is 0.0320 e. The van der Waals surface area contributed by atoms with E-state index < -0.39 is 0 Å². The Hall–Kier alpha value is -1.50. The molecule has 1 aromatic carbocycles. The van der Waals surface area contributed by atoms with E-state index in [-0.39, 0.29) is 11.1 Å². The molecule has 116 valence electrons. The minimum absolute atomic E-state index is 0.0579. The molecule has 0 bridgehead atoms. The summed E-state index contributed by atoms with van der Waals surface area (Å²) in [5.41, 5.74) is 3.79. The molecule has 21 heavy (non-hydrogen) atoms. The predicted octanol–water partition coefficient (Wildman–Crippen LogP) is 5.59. The third-order valence-corrected chi connectivity index (χ3v) is 3.41. The van der Waals surface area contributed by atoms with E-state index in [0.717, 1.165) is 18.5 Å². The highest BCUT2D eigenvalue weighted by molar-refractivity contribution is 5.23. The van der Waals surface area contributed by atoms with Gasteiger partial charge in [-0.05, 0) is 53.5 Å². The molecule has 0 atom stereocenters. The van der Waals surface area contributed by atoms with Crippen molar-refractivity contribution in [3.05, 3.63) is 60.3 Å². The minimum Gasteiger partial charge on any atom is -0.365 e. The van der Waals surface area contributed by atoms with E-state index >= 15 is 0 Å². The van der Waals surface area contributed by atoms with Crippen LogP contribution in [0.3, 0.4) is 0 Å². The van der Waals surface area contributed by atoms with Crippen molar-refractivity contribution in [1.82, 2.24) is 4.90 Å². The molecule has 1 nitrogen and oxygen atoms in total. The molecule has 1 rings (SSSR count). The lowest BCUT2D eigenvalue weighted by atomic mass is 9.92. The van der Waals surface area contributed by atoms with Crippen LogP contribution in [-0.2, 0) is 6.42 Å². The Bertz CT molecular complexity index is 469. The van der Waals surface area contributed by atoms with Gasteiger partial charge in [-0.1, -0.05) is 49.1 Å². The Morgan fingerprint density at radius 3 is 1.81 bits per heavy atom. The lowest BCUT2D eigenvalue weighted by molar-refractivity contribution is 0.0769. The molecule has 1 heteroatoms. The first-order valence-corrected chi connectivity index (χ1v) is 7.70. The SMILES string of the molecule is C=C(CC(=C)N(C(C)(C)C)C(C)(C)C)Cc1ccccc1. The summed E-state index contributed by atoms with van der Waals surface area (Å²) in [4.78, 5) is 2.41. The van der Waals surface area contributed by atoms with Gasteiger partial charge in [-0.25, -0.2) is 0 Å². The standard InChI is InChI=1S/C20H31N/c1-16(15-18-12-10-9-11-13-18)14-17(2)21(19(3,4)5)20(6,7)8/h9-13H,1-2,14-15H2,3-8H3. The summed E-state index contributed by atoms with van der Waals surface area (Å²) in [6, 6.07) is 10.5. The molecule has 0 aliphatic heterocycles. The van der Waals surface area contributed by atoms with Crippen LogP contribution in [0, 0.1) is 0 Å². The van der Waals surface area contributed by atoms with Crippen LogP contribution in [-0.4, -0.2) is 16.0 Å². The van der Waals surface area contributed by atoms with Crippen molar-refractivity contribution in [1.29, 1.82) is 0 Å². The average Bonchev–Trinajstić information content (AvgIpc) is 2.25. The number of allylic oxidation sites excluding steroid dienone is 1. The van der Waals surface area contributed by atoms with Crippen LogP contribution in [0.4, 0.5) is 0 Å². The summed E-state index contributed by atoms with van der Waals surface area (Å²) in [7, 11) is 0. The monoisotopic (exact) mass is 285 g/mol. The summed E-state index contributed by atoms with van der Waals surface area (Å²) >= 11 is 0. The number of hydrogen-bond acceptors (Lipinski definition) is 1. The molecule has 0 spiro atoms. The first kappa shape index (κ1) is 17.6. The van der Waals surface area contributed by atoms with Gasteiger partial charge in [0.05, 0.1) is 0 Å². The zero-order chi connectivity index (χ0) is 16.3. The van der Waals surface area contributed by atoms with E-state index in [0.29, 0.717) is 0 Å².